The molecule has 1 rings (SSSR count). The van der Waals surface area contributed by atoms with Crippen molar-refractivity contribution in [1.29, 1.82) is 0 Å². The number of hydrogen-bond acceptors (Lipinski definition) is 3. The van der Waals surface area contributed by atoms with Gasteiger partial charge in [0, 0.05) is 0 Å². The average Bonchev–Trinajstić information content (AvgIpc) is 2.29. The van der Waals surface area contributed by atoms with E-state index in [1.807, 2.05) is 0 Å². The minimum atomic E-state index is -4.72. The number of carbonyl (C=O) groups excluding carboxylic acids is 1. The lowest BCUT2D eigenvalue weighted by atomic mass is 10.0. The predicted molar refractivity (Wildman–Crippen MR) is 59.3 cm³/mol. The second-order valence-electron chi connectivity index (χ2n) is 3.95. The molecule has 0 aliphatic heterocycles. The largest absolute Gasteiger partial charge is 0.466 e. The summed E-state index contributed by atoms with van der Waals surface area (Å²) in [7, 11) is 0. The van der Waals surface area contributed by atoms with Gasteiger partial charge in [-0.3, -0.25) is 9.78 Å². The van der Waals surface area contributed by atoms with E-state index in [2.05, 4.69) is 9.72 Å². The Morgan fingerprint density at radius 1 is 1.40 bits per heavy atom. The lowest BCUT2D eigenvalue weighted by Gasteiger charge is -2.14. The number of halogens is 5. The first kappa shape index (κ1) is 16.3. The van der Waals surface area contributed by atoms with Crippen molar-refractivity contribution < 1.29 is 31.5 Å². The first-order valence-electron chi connectivity index (χ1n) is 5.68. The van der Waals surface area contributed by atoms with E-state index in [0.717, 1.165) is 6.92 Å². The smallest absolute Gasteiger partial charge is 0.418 e. The van der Waals surface area contributed by atoms with Crippen LogP contribution in [0.1, 0.15) is 35.9 Å². The molecule has 0 N–H and O–H groups in total. The first-order chi connectivity index (χ1) is 9.16. The van der Waals surface area contributed by atoms with Crippen LogP contribution in [0, 0.1) is 6.92 Å². The Hall–Kier alpha value is -1.73. The first-order valence-corrected chi connectivity index (χ1v) is 5.68. The molecule has 0 amide bonds. The number of hydrogen-bond donors (Lipinski definition) is 0. The standard InChI is InChI=1S/C12H12F5NO2/c1-3-20-9(19)5-7-4-8(12(15,16)17)6(2)18-10(7)11(13)14/h4,11H,3,5H2,1-2H3. The summed E-state index contributed by atoms with van der Waals surface area (Å²) in [5.74, 6) is -0.881. The van der Waals surface area contributed by atoms with Gasteiger partial charge in [-0.1, -0.05) is 0 Å². The summed E-state index contributed by atoms with van der Waals surface area (Å²) in [6, 6.07) is 0.529. The highest BCUT2D eigenvalue weighted by atomic mass is 19.4. The number of pyridine rings is 1. The van der Waals surface area contributed by atoms with Crippen LogP contribution in [0.25, 0.3) is 0 Å². The zero-order valence-electron chi connectivity index (χ0n) is 10.7. The van der Waals surface area contributed by atoms with E-state index in [9.17, 15) is 26.7 Å². The zero-order valence-corrected chi connectivity index (χ0v) is 10.7. The van der Waals surface area contributed by atoms with Gasteiger partial charge in [0.15, 0.2) is 0 Å². The molecule has 8 heteroatoms. The van der Waals surface area contributed by atoms with Crippen molar-refractivity contribution in [2.45, 2.75) is 32.9 Å². The van der Waals surface area contributed by atoms with Crippen LogP contribution in [0.4, 0.5) is 22.0 Å². The summed E-state index contributed by atoms with van der Waals surface area (Å²) in [6.45, 7) is 2.50. The van der Waals surface area contributed by atoms with Crippen molar-refractivity contribution in [1.82, 2.24) is 4.98 Å². The van der Waals surface area contributed by atoms with E-state index >= 15 is 0 Å². The number of aromatic nitrogens is 1. The summed E-state index contributed by atoms with van der Waals surface area (Å²) < 4.78 is 68.2. The number of rotatable bonds is 4. The summed E-state index contributed by atoms with van der Waals surface area (Å²) in [6.07, 6.45) is -8.47. The summed E-state index contributed by atoms with van der Waals surface area (Å²) in [4.78, 5) is 14.5. The number of nitrogens with zero attached hydrogens (tertiary/aromatic N) is 1. The Kier molecular flexibility index (Phi) is 5.02. The van der Waals surface area contributed by atoms with Crippen LogP contribution in [0.15, 0.2) is 6.07 Å². The molecular formula is C12H12F5NO2. The molecular weight excluding hydrogens is 285 g/mol. The van der Waals surface area contributed by atoms with Crippen LogP contribution >= 0.6 is 0 Å². The molecule has 0 unspecified atom stereocenters. The molecule has 1 aromatic rings. The van der Waals surface area contributed by atoms with Crippen molar-refractivity contribution in [2.75, 3.05) is 6.61 Å². The van der Waals surface area contributed by atoms with Crippen LogP contribution in [0.2, 0.25) is 0 Å². The third-order valence-electron chi connectivity index (χ3n) is 2.48. The maximum Gasteiger partial charge on any atom is 0.418 e. The topological polar surface area (TPSA) is 39.2 Å². The summed E-state index contributed by atoms with van der Waals surface area (Å²) in [5.41, 5.74) is -3.00. The molecule has 0 saturated heterocycles. The highest BCUT2D eigenvalue weighted by molar-refractivity contribution is 5.73. The number of carbonyl (C=O) groups is 1. The minimum Gasteiger partial charge on any atom is -0.466 e. The molecule has 112 valence electrons. The second-order valence-corrected chi connectivity index (χ2v) is 3.95. The van der Waals surface area contributed by atoms with Crippen LogP contribution in [0.5, 0.6) is 0 Å². The Labute approximate surface area is 111 Å². The lowest BCUT2D eigenvalue weighted by Crippen LogP contribution is -2.15. The van der Waals surface area contributed by atoms with Gasteiger partial charge in [-0.2, -0.15) is 13.2 Å². The quantitative estimate of drug-likeness (QED) is 0.631. The molecule has 0 spiro atoms. The van der Waals surface area contributed by atoms with Gasteiger partial charge in [0.2, 0.25) is 0 Å². The maximum absolute atomic E-state index is 12.8. The van der Waals surface area contributed by atoms with Crippen molar-refractivity contribution in [3.8, 4) is 0 Å². The van der Waals surface area contributed by atoms with Gasteiger partial charge in [0.25, 0.3) is 6.43 Å². The van der Waals surface area contributed by atoms with Crippen LogP contribution < -0.4 is 0 Å². The van der Waals surface area contributed by atoms with E-state index in [4.69, 9.17) is 0 Å². The van der Waals surface area contributed by atoms with Crippen molar-refractivity contribution in [3.63, 3.8) is 0 Å². The van der Waals surface area contributed by atoms with Crippen molar-refractivity contribution >= 4 is 5.97 Å². The highest BCUT2D eigenvalue weighted by Gasteiger charge is 2.35. The van der Waals surface area contributed by atoms with E-state index < -0.39 is 47.5 Å². The molecule has 0 radical (unpaired) electrons. The minimum absolute atomic E-state index is 0.00820. The number of ether oxygens (including phenoxy) is 1. The molecule has 0 bridgehead atoms. The molecule has 20 heavy (non-hydrogen) atoms. The Morgan fingerprint density at radius 2 is 2.00 bits per heavy atom. The zero-order chi connectivity index (χ0) is 15.5. The van der Waals surface area contributed by atoms with Gasteiger partial charge < -0.3 is 4.74 Å². The van der Waals surface area contributed by atoms with Crippen LogP contribution in [-0.4, -0.2) is 17.6 Å². The van der Waals surface area contributed by atoms with Gasteiger partial charge in [0.1, 0.15) is 5.69 Å². The fourth-order valence-electron chi connectivity index (χ4n) is 1.65. The Balaban J connectivity index is 3.27. The number of esters is 1. The van der Waals surface area contributed by atoms with Crippen LogP contribution in [0.3, 0.4) is 0 Å². The third kappa shape index (κ3) is 3.88. The SMILES string of the molecule is CCOC(=O)Cc1cc(C(F)(F)F)c(C)nc1C(F)F. The van der Waals surface area contributed by atoms with Gasteiger partial charge >= 0.3 is 12.1 Å². The fourth-order valence-corrected chi connectivity index (χ4v) is 1.65. The van der Waals surface area contributed by atoms with E-state index in [1.54, 1.807) is 0 Å². The molecule has 3 nitrogen and oxygen atoms in total. The van der Waals surface area contributed by atoms with Gasteiger partial charge in [0.05, 0.1) is 24.3 Å². The number of aryl methyl sites for hydroxylation is 1. The summed E-state index contributed by atoms with van der Waals surface area (Å²) >= 11 is 0. The second kappa shape index (κ2) is 6.15. The normalized spacial score (nSPS) is 11.8. The van der Waals surface area contributed by atoms with Gasteiger partial charge in [-0.25, -0.2) is 8.78 Å². The molecule has 0 fully saturated rings. The van der Waals surface area contributed by atoms with E-state index in [-0.39, 0.29) is 6.61 Å². The molecule has 0 atom stereocenters. The predicted octanol–water partition coefficient (Wildman–Crippen LogP) is 3.45. The van der Waals surface area contributed by atoms with E-state index in [1.165, 1.54) is 6.92 Å². The Bertz CT molecular complexity index is 499. The maximum atomic E-state index is 12.8. The lowest BCUT2D eigenvalue weighted by molar-refractivity contribution is -0.143. The molecule has 0 saturated carbocycles. The Morgan fingerprint density at radius 3 is 2.45 bits per heavy atom. The molecule has 0 aliphatic carbocycles. The van der Waals surface area contributed by atoms with Crippen molar-refractivity contribution in [3.05, 3.63) is 28.6 Å². The van der Waals surface area contributed by atoms with Crippen LogP contribution in [-0.2, 0) is 22.1 Å². The van der Waals surface area contributed by atoms with Crippen molar-refractivity contribution in [2.24, 2.45) is 0 Å². The number of alkyl halides is 5. The fraction of sp³-hybridized carbons (Fsp3) is 0.500. The summed E-state index contributed by atoms with van der Waals surface area (Å²) in [5, 5.41) is 0. The molecule has 1 heterocycles. The molecule has 0 aromatic carbocycles. The highest BCUT2D eigenvalue weighted by Crippen LogP contribution is 2.34. The third-order valence-corrected chi connectivity index (χ3v) is 2.48. The monoisotopic (exact) mass is 297 g/mol. The molecule has 0 aliphatic rings. The van der Waals surface area contributed by atoms with Gasteiger partial charge in [-0.15, -0.1) is 0 Å². The molecule has 1 aromatic heterocycles. The van der Waals surface area contributed by atoms with Gasteiger partial charge in [-0.05, 0) is 25.5 Å². The average molecular weight is 297 g/mol. The van der Waals surface area contributed by atoms with E-state index in [0.29, 0.717) is 6.07 Å².